The van der Waals surface area contributed by atoms with Crippen LogP contribution < -0.4 is 0 Å². The van der Waals surface area contributed by atoms with Crippen molar-refractivity contribution in [3.63, 3.8) is 0 Å². The number of aryl methyl sites for hydroxylation is 1. The van der Waals surface area contributed by atoms with Crippen LogP contribution >= 0.6 is 0 Å². The summed E-state index contributed by atoms with van der Waals surface area (Å²) in [5, 5.41) is 16.0. The maximum atomic E-state index is 12.5. The lowest BCUT2D eigenvalue weighted by molar-refractivity contribution is -0.385. The Bertz CT molecular complexity index is 651. The van der Waals surface area contributed by atoms with Crippen molar-refractivity contribution in [2.45, 2.75) is 13.8 Å². The number of nitro groups is 1. The van der Waals surface area contributed by atoms with Crippen molar-refractivity contribution >= 4 is 23.1 Å². The lowest BCUT2D eigenvalue weighted by Gasteiger charge is -2.10. The van der Waals surface area contributed by atoms with E-state index < -0.39 is 22.5 Å². The standard InChI is InChI=1S/C13H13N3O4/c1-7-4-5-10(16(19)20)9(6-7)12(17)11-8(2)14-15(3)13(11)18/h4-6,11H,1-3H3. The first-order valence-corrected chi connectivity index (χ1v) is 5.95. The van der Waals surface area contributed by atoms with Gasteiger partial charge in [-0.2, -0.15) is 5.10 Å². The number of hydrogen-bond donors (Lipinski definition) is 0. The second kappa shape index (κ2) is 4.84. The van der Waals surface area contributed by atoms with Crippen LogP contribution in [0, 0.1) is 23.0 Å². The molecule has 0 saturated carbocycles. The van der Waals surface area contributed by atoms with Crippen molar-refractivity contribution in [3.05, 3.63) is 39.4 Å². The van der Waals surface area contributed by atoms with Gasteiger partial charge in [0.15, 0.2) is 5.78 Å². The molecule has 0 aromatic heterocycles. The molecule has 1 amide bonds. The average molecular weight is 275 g/mol. The van der Waals surface area contributed by atoms with E-state index in [1.807, 2.05) is 0 Å². The van der Waals surface area contributed by atoms with E-state index in [1.165, 1.54) is 19.2 Å². The fraction of sp³-hybridized carbons (Fsp3) is 0.308. The smallest absolute Gasteiger partial charge is 0.280 e. The Morgan fingerprint density at radius 3 is 2.55 bits per heavy atom. The molecule has 1 aliphatic rings. The van der Waals surface area contributed by atoms with Gasteiger partial charge in [0.05, 0.1) is 16.2 Å². The van der Waals surface area contributed by atoms with E-state index in [9.17, 15) is 19.7 Å². The number of nitrogens with zero attached hydrogens (tertiary/aromatic N) is 3. The number of rotatable bonds is 3. The highest BCUT2D eigenvalue weighted by Crippen LogP contribution is 2.26. The van der Waals surface area contributed by atoms with E-state index in [0.717, 1.165) is 5.01 Å². The predicted molar refractivity (Wildman–Crippen MR) is 71.5 cm³/mol. The minimum Gasteiger partial charge on any atom is -0.293 e. The summed E-state index contributed by atoms with van der Waals surface area (Å²) < 4.78 is 0. The number of amides is 1. The van der Waals surface area contributed by atoms with Gasteiger partial charge >= 0.3 is 0 Å². The molecule has 1 unspecified atom stereocenters. The highest BCUT2D eigenvalue weighted by atomic mass is 16.6. The second-order valence-electron chi connectivity index (χ2n) is 4.68. The molecule has 1 heterocycles. The van der Waals surface area contributed by atoms with Gasteiger partial charge in [-0.3, -0.25) is 19.7 Å². The zero-order valence-corrected chi connectivity index (χ0v) is 11.3. The van der Waals surface area contributed by atoms with Gasteiger partial charge < -0.3 is 0 Å². The number of hydrazone groups is 1. The lowest BCUT2D eigenvalue weighted by atomic mass is 9.92. The fourth-order valence-corrected chi connectivity index (χ4v) is 2.17. The van der Waals surface area contributed by atoms with Crippen LogP contribution in [0.15, 0.2) is 23.3 Å². The molecule has 1 aromatic carbocycles. The van der Waals surface area contributed by atoms with Crippen LogP contribution in [0.3, 0.4) is 0 Å². The molecule has 0 saturated heterocycles. The van der Waals surface area contributed by atoms with Crippen molar-refractivity contribution in [1.29, 1.82) is 0 Å². The van der Waals surface area contributed by atoms with Gasteiger partial charge in [-0.25, -0.2) is 5.01 Å². The van der Waals surface area contributed by atoms with E-state index in [1.54, 1.807) is 19.9 Å². The summed E-state index contributed by atoms with van der Waals surface area (Å²) in [7, 11) is 1.45. The van der Waals surface area contributed by atoms with Crippen molar-refractivity contribution < 1.29 is 14.5 Å². The largest absolute Gasteiger partial charge is 0.293 e. The first-order valence-electron chi connectivity index (χ1n) is 5.95. The Morgan fingerprint density at radius 2 is 2.05 bits per heavy atom. The lowest BCUT2D eigenvalue weighted by Crippen LogP contribution is -2.31. The summed E-state index contributed by atoms with van der Waals surface area (Å²) in [6.07, 6.45) is 0. The molecular weight excluding hydrogens is 262 g/mol. The third-order valence-corrected chi connectivity index (χ3v) is 3.17. The predicted octanol–water partition coefficient (Wildman–Crippen LogP) is 1.55. The summed E-state index contributed by atoms with van der Waals surface area (Å²) in [6, 6.07) is 4.26. The van der Waals surface area contributed by atoms with Crippen LogP contribution in [-0.4, -0.2) is 34.4 Å². The van der Waals surface area contributed by atoms with Gasteiger partial charge in [0.2, 0.25) is 0 Å². The van der Waals surface area contributed by atoms with Crippen LogP contribution in [0.5, 0.6) is 0 Å². The minimum atomic E-state index is -1.07. The fourth-order valence-electron chi connectivity index (χ4n) is 2.17. The number of benzene rings is 1. The first-order chi connectivity index (χ1) is 9.32. The van der Waals surface area contributed by atoms with Crippen LogP contribution in [0.4, 0.5) is 5.69 Å². The van der Waals surface area contributed by atoms with Gasteiger partial charge in [-0.15, -0.1) is 0 Å². The molecule has 2 rings (SSSR count). The molecule has 0 radical (unpaired) electrons. The Hall–Kier alpha value is -2.57. The van der Waals surface area contributed by atoms with Gasteiger partial charge in [-0.1, -0.05) is 6.07 Å². The number of carbonyl (C=O) groups is 2. The maximum absolute atomic E-state index is 12.5. The Morgan fingerprint density at radius 1 is 1.40 bits per heavy atom. The molecule has 0 N–H and O–H groups in total. The molecule has 0 fully saturated rings. The van der Waals surface area contributed by atoms with Gasteiger partial charge in [-0.05, 0) is 25.5 Å². The van der Waals surface area contributed by atoms with E-state index in [-0.39, 0.29) is 11.3 Å². The van der Waals surface area contributed by atoms with Crippen LogP contribution in [-0.2, 0) is 4.79 Å². The van der Waals surface area contributed by atoms with Crippen molar-refractivity contribution in [1.82, 2.24) is 5.01 Å². The summed E-state index contributed by atoms with van der Waals surface area (Å²) in [5.41, 5.74) is 0.708. The number of hydrogen-bond acceptors (Lipinski definition) is 5. The Balaban J connectivity index is 2.49. The molecule has 7 nitrogen and oxygen atoms in total. The molecule has 0 bridgehead atoms. The maximum Gasteiger partial charge on any atom is 0.280 e. The van der Waals surface area contributed by atoms with Crippen molar-refractivity contribution in [2.75, 3.05) is 7.05 Å². The molecule has 7 heteroatoms. The minimum absolute atomic E-state index is 0.0572. The molecule has 20 heavy (non-hydrogen) atoms. The third-order valence-electron chi connectivity index (χ3n) is 3.17. The highest BCUT2D eigenvalue weighted by Gasteiger charge is 2.39. The SMILES string of the molecule is CC1=NN(C)C(=O)C1C(=O)c1cc(C)ccc1[N+](=O)[O-]. The number of nitro benzene ring substituents is 1. The second-order valence-corrected chi connectivity index (χ2v) is 4.68. The summed E-state index contributed by atoms with van der Waals surface area (Å²) in [5.74, 6) is -2.13. The molecule has 104 valence electrons. The van der Waals surface area contributed by atoms with Gasteiger partial charge in [0.25, 0.3) is 11.6 Å². The summed E-state index contributed by atoms with van der Waals surface area (Å²) in [6.45, 7) is 3.29. The van der Waals surface area contributed by atoms with E-state index in [4.69, 9.17) is 0 Å². The number of carbonyl (C=O) groups excluding carboxylic acids is 2. The van der Waals surface area contributed by atoms with Crippen LogP contribution in [0.2, 0.25) is 0 Å². The molecule has 1 aromatic rings. The van der Waals surface area contributed by atoms with Crippen molar-refractivity contribution in [2.24, 2.45) is 11.0 Å². The molecule has 0 aliphatic carbocycles. The van der Waals surface area contributed by atoms with E-state index >= 15 is 0 Å². The molecular formula is C13H13N3O4. The summed E-state index contributed by atoms with van der Waals surface area (Å²) in [4.78, 5) is 34.8. The topological polar surface area (TPSA) is 92.9 Å². The normalized spacial score (nSPS) is 18.1. The Labute approximate surface area is 115 Å². The van der Waals surface area contributed by atoms with E-state index in [2.05, 4.69) is 5.10 Å². The third kappa shape index (κ3) is 2.18. The van der Waals surface area contributed by atoms with E-state index in [0.29, 0.717) is 11.3 Å². The average Bonchev–Trinajstić information content (AvgIpc) is 2.62. The van der Waals surface area contributed by atoms with Crippen molar-refractivity contribution in [3.8, 4) is 0 Å². The molecule has 1 atom stereocenters. The monoisotopic (exact) mass is 275 g/mol. The van der Waals surface area contributed by atoms with Crippen LogP contribution in [0.1, 0.15) is 22.8 Å². The molecule has 0 spiro atoms. The zero-order chi connectivity index (χ0) is 15.0. The summed E-state index contributed by atoms with van der Waals surface area (Å²) >= 11 is 0. The van der Waals surface area contributed by atoms with Crippen LogP contribution in [0.25, 0.3) is 0 Å². The molecule has 1 aliphatic heterocycles. The van der Waals surface area contributed by atoms with Gasteiger partial charge in [0, 0.05) is 13.1 Å². The number of Topliss-reactive ketones (excluding diaryl/α,β-unsaturated/α-hetero) is 1. The first kappa shape index (κ1) is 13.9. The zero-order valence-electron chi connectivity index (χ0n) is 11.3. The number of ketones is 1. The quantitative estimate of drug-likeness (QED) is 0.362. The Kier molecular flexibility index (Phi) is 3.35. The van der Waals surface area contributed by atoms with Gasteiger partial charge in [0.1, 0.15) is 5.92 Å². The highest BCUT2D eigenvalue weighted by molar-refractivity contribution is 6.27.